The molecule has 0 unspecified atom stereocenters. The van der Waals surface area contributed by atoms with Gasteiger partial charge >= 0.3 is 0 Å². The fourth-order valence-electron chi connectivity index (χ4n) is 0. The maximum absolute atomic E-state index is 8.80. The lowest BCUT2D eigenvalue weighted by Crippen LogP contribution is -3.02. The van der Waals surface area contributed by atoms with E-state index in [2.05, 4.69) is 42.3 Å². The average Bonchev–Trinajstić information content (AvgIpc) is 1.50. The standard InChI is InChI=1S/2C3H9N.H2O4Si/c2*1-4(2)3;1-5(2,3)4/h2*1-3H3;1-2H/q;;-2/p+2. The Labute approximate surface area is 81.1 Å². The van der Waals surface area contributed by atoms with Crippen molar-refractivity contribution in [2.45, 2.75) is 0 Å². The van der Waals surface area contributed by atoms with Crippen LogP contribution in [0, 0.1) is 0 Å². The van der Waals surface area contributed by atoms with Gasteiger partial charge in [-0.25, -0.2) is 0 Å². The first-order chi connectivity index (χ1) is 5.46. The highest BCUT2D eigenvalue weighted by Crippen LogP contribution is 1.49. The van der Waals surface area contributed by atoms with Gasteiger partial charge in [0.05, 0.1) is 42.3 Å². The monoisotopic (exact) mass is 214 g/mol. The highest BCUT2D eigenvalue weighted by molar-refractivity contribution is 6.42. The third-order valence-corrected chi connectivity index (χ3v) is 0. The highest BCUT2D eigenvalue weighted by Gasteiger charge is 1.80. The van der Waals surface area contributed by atoms with Gasteiger partial charge in [0.1, 0.15) is 9.05 Å². The van der Waals surface area contributed by atoms with Gasteiger partial charge in [-0.05, 0) is 0 Å². The summed E-state index contributed by atoms with van der Waals surface area (Å²) in [4.78, 5) is 34.6. The summed E-state index contributed by atoms with van der Waals surface area (Å²) in [6.45, 7) is 0. The van der Waals surface area contributed by atoms with E-state index in [9.17, 15) is 0 Å². The molecule has 0 aromatic carbocycles. The Kier molecular flexibility index (Phi) is 14.5. The van der Waals surface area contributed by atoms with Gasteiger partial charge in [-0.3, -0.25) is 0 Å². The summed E-state index contributed by atoms with van der Waals surface area (Å²) < 4.78 is 0. The Hall–Kier alpha value is -0.0231. The van der Waals surface area contributed by atoms with Crippen molar-refractivity contribution in [1.29, 1.82) is 0 Å². The van der Waals surface area contributed by atoms with Gasteiger partial charge < -0.3 is 29.0 Å². The number of hydrogen-bond acceptors (Lipinski definition) is 4. The molecular weight excluding hydrogens is 192 g/mol. The van der Waals surface area contributed by atoms with E-state index in [1.54, 1.807) is 0 Å². The SMILES string of the molecule is C[NH+](C)C.C[NH+](C)C.[O-][Si]([O-])(O)O. The van der Waals surface area contributed by atoms with Gasteiger partial charge in [0.2, 0.25) is 0 Å². The van der Waals surface area contributed by atoms with E-state index in [0.29, 0.717) is 0 Å². The summed E-state index contributed by atoms with van der Waals surface area (Å²) in [6, 6.07) is 0. The summed E-state index contributed by atoms with van der Waals surface area (Å²) in [5.41, 5.74) is 0. The number of rotatable bonds is 0. The highest BCUT2D eigenvalue weighted by atomic mass is 28.4. The first-order valence-electron chi connectivity index (χ1n) is 3.86. The zero-order valence-electron chi connectivity index (χ0n) is 9.21. The predicted molar refractivity (Wildman–Crippen MR) is 47.7 cm³/mol. The Morgan fingerprint density at radius 3 is 0.769 bits per heavy atom. The Balaban J connectivity index is -0.000000117. The molecule has 0 aliphatic heterocycles. The van der Waals surface area contributed by atoms with Gasteiger partial charge in [-0.2, -0.15) is 0 Å². The summed E-state index contributed by atoms with van der Waals surface area (Å²) >= 11 is 0. The van der Waals surface area contributed by atoms with Crippen molar-refractivity contribution in [3.63, 3.8) is 0 Å². The first-order valence-corrected chi connectivity index (χ1v) is 5.57. The maximum atomic E-state index is 8.80. The molecule has 0 saturated carbocycles. The molecule has 0 heterocycles. The molecule has 13 heavy (non-hydrogen) atoms. The van der Waals surface area contributed by atoms with Crippen LogP contribution < -0.4 is 19.4 Å². The maximum Gasteiger partial charge on any atom is 0.140 e. The lowest BCUT2D eigenvalue weighted by Gasteiger charge is -2.29. The van der Waals surface area contributed by atoms with Crippen LogP contribution in [0.5, 0.6) is 0 Å². The molecule has 0 aromatic heterocycles. The van der Waals surface area contributed by atoms with Crippen LogP contribution in [-0.2, 0) is 0 Å². The second-order valence-corrected chi connectivity index (χ2v) is 4.65. The van der Waals surface area contributed by atoms with Gasteiger partial charge in [0.25, 0.3) is 0 Å². The van der Waals surface area contributed by atoms with Gasteiger partial charge in [-0.15, -0.1) is 0 Å². The molecule has 4 N–H and O–H groups in total. The number of nitrogens with one attached hydrogen (secondary N) is 2. The quantitative estimate of drug-likeness (QED) is 0.302. The molecule has 0 saturated heterocycles. The number of hydrogen-bond donors (Lipinski definition) is 4. The fraction of sp³-hybridized carbons (Fsp3) is 1.00. The predicted octanol–water partition coefficient (Wildman–Crippen LogP) is -6.35. The molecule has 0 atom stereocenters. The average molecular weight is 214 g/mol. The van der Waals surface area contributed by atoms with Crippen LogP contribution in [0.3, 0.4) is 0 Å². The Morgan fingerprint density at radius 2 is 0.769 bits per heavy atom. The molecule has 0 aliphatic rings. The van der Waals surface area contributed by atoms with Crippen molar-refractivity contribution in [1.82, 2.24) is 0 Å². The molecule has 7 heteroatoms. The lowest BCUT2D eigenvalue weighted by molar-refractivity contribution is -0.836. The zero-order chi connectivity index (χ0) is 11.7. The summed E-state index contributed by atoms with van der Waals surface area (Å²) in [7, 11) is 7.39. The molecule has 0 radical (unpaired) electrons. The van der Waals surface area contributed by atoms with Crippen molar-refractivity contribution < 1.29 is 29.0 Å². The van der Waals surface area contributed by atoms with Crippen molar-refractivity contribution in [2.75, 3.05) is 42.3 Å². The molecule has 0 fully saturated rings. The molecular formula is C6H22N2O4Si. The minimum Gasteiger partial charge on any atom is -0.828 e. The van der Waals surface area contributed by atoms with Crippen LogP contribution in [0.4, 0.5) is 0 Å². The van der Waals surface area contributed by atoms with Crippen LogP contribution in [0.25, 0.3) is 0 Å². The van der Waals surface area contributed by atoms with E-state index in [4.69, 9.17) is 19.2 Å². The normalized spacial score (nSPS) is 10.2. The van der Waals surface area contributed by atoms with Crippen molar-refractivity contribution in [3.05, 3.63) is 0 Å². The van der Waals surface area contributed by atoms with E-state index < -0.39 is 9.05 Å². The van der Waals surface area contributed by atoms with E-state index in [-0.39, 0.29) is 0 Å². The lowest BCUT2D eigenvalue weighted by atomic mass is 11.0. The van der Waals surface area contributed by atoms with Crippen LogP contribution >= 0.6 is 0 Å². The first kappa shape index (κ1) is 18.7. The molecule has 0 rings (SSSR count). The topological polar surface area (TPSA) is 95.5 Å². The largest absolute Gasteiger partial charge is 0.828 e. The zero-order valence-corrected chi connectivity index (χ0v) is 10.2. The third kappa shape index (κ3) is 2230000. The minimum atomic E-state index is -5.11. The van der Waals surface area contributed by atoms with E-state index in [1.807, 2.05) is 0 Å². The van der Waals surface area contributed by atoms with Crippen LogP contribution in [0.2, 0.25) is 0 Å². The summed E-state index contributed by atoms with van der Waals surface area (Å²) in [6.07, 6.45) is 0. The molecule has 0 aromatic rings. The van der Waals surface area contributed by atoms with Crippen molar-refractivity contribution in [3.8, 4) is 0 Å². The smallest absolute Gasteiger partial charge is 0.140 e. The fourth-order valence-corrected chi connectivity index (χ4v) is 0. The van der Waals surface area contributed by atoms with Crippen LogP contribution in [0.1, 0.15) is 0 Å². The second kappa shape index (κ2) is 10.1. The summed E-state index contributed by atoms with van der Waals surface area (Å²) in [5.74, 6) is 0. The minimum absolute atomic E-state index is 1.42. The molecule has 0 aliphatic carbocycles. The Morgan fingerprint density at radius 1 is 0.769 bits per heavy atom. The summed E-state index contributed by atoms with van der Waals surface area (Å²) in [5, 5.41) is 0. The van der Waals surface area contributed by atoms with Crippen molar-refractivity contribution >= 4 is 9.05 Å². The number of quaternary nitrogens is 2. The van der Waals surface area contributed by atoms with Gasteiger partial charge in [-0.1, -0.05) is 0 Å². The van der Waals surface area contributed by atoms with E-state index in [1.165, 1.54) is 9.80 Å². The molecule has 0 amide bonds. The van der Waals surface area contributed by atoms with E-state index >= 15 is 0 Å². The molecule has 0 spiro atoms. The van der Waals surface area contributed by atoms with Gasteiger partial charge in [0.15, 0.2) is 0 Å². The second-order valence-electron chi connectivity index (χ2n) is 3.55. The van der Waals surface area contributed by atoms with Crippen LogP contribution in [-0.4, -0.2) is 60.9 Å². The molecule has 0 bridgehead atoms. The van der Waals surface area contributed by atoms with Crippen molar-refractivity contribution in [2.24, 2.45) is 0 Å². The van der Waals surface area contributed by atoms with Gasteiger partial charge in [0, 0.05) is 0 Å². The Bertz CT molecular complexity index is 77.6. The van der Waals surface area contributed by atoms with E-state index in [0.717, 1.165) is 0 Å². The van der Waals surface area contributed by atoms with Crippen LogP contribution in [0.15, 0.2) is 0 Å². The molecule has 6 nitrogen and oxygen atoms in total. The molecule has 84 valence electrons. The third-order valence-electron chi connectivity index (χ3n) is 0.